The molecule has 2 heterocycles. The number of benzene rings is 2. The number of halogens is 1. The van der Waals surface area contributed by atoms with Gasteiger partial charge in [-0.1, -0.05) is 41.9 Å². The number of pyridine rings is 1. The zero-order valence-electron chi connectivity index (χ0n) is 14.1. The second kappa shape index (κ2) is 7.05. The highest BCUT2D eigenvalue weighted by atomic mass is 35.5. The molecule has 0 fully saturated rings. The van der Waals surface area contributed by atoms with Gasteiger partial charge < -0.3 is 5.11 Å². The fraction of sp³-hybridized carbons (Fsp3) is 0. The molecule has 0 spiro atoms. The second-order valence-electron chi connectivity index (χ2n) is 5.87. The number of aromatic nitrogens is 3. The molecule has 2 aromatic carbocycles. The third-order valence-corrected chi connectivity index (χ3v) is 4.40. The molecule has 0 radical (unpaired) electrons. The fourth-order valence-electron chi connectivity index (χ4n) is 2.96. The van der Waals surface area contributed by atoms with Crippen LogP contribution in [-0.4, -0.2) is 25.8 Å². The van der Waals surface area contributed by atoms with Crippen molar-refractivity contribution in [3.63, 3.8) is 0 Å². The van der Waals surface area contributed by atoms with Crippen LogP contribution in [0.5, 0.6) is 0 Å². The van der Waals surface area contributed by atoms with Crippen molar-refractivity contribution >= 4 is 17.6 Å². The summed E-state index contributed by atoms with van der Waals surface area (Å²) in [7, 11) is 0. The summed E-state index contributed by atoms with van der Waals surface area (Å²) in [6.07, 6.45) is 3.24. The summed E-state index contributed by atoms with van der Waals surface area (Å²) in [5, 5.41) is 15.2. The Bertz CT molecular complexity index is 1090. The van der Waals surface area contributed by atoms with E-state index in [4.69, 9.17) is 11.6 Å². The van der Waals surface area contributed by atoms with E-state index in [-0.39, 0.29) is 5.56 Å². The van der Waals surface area contributed by atoms with Gasteiger partial charge in [-0.25, -0.2) is 9.48 Å². The Hall–Kier alpha value is -3.44. The monoisotopic (exact) mass is 375 g/mol. The van der Waals surface area contributed by atoms with Crippen molar-refractivity contribution in [2.24, 2.45) is 0 Å². The van der Waals surface area contributed by atoms with Crippen molar-refractivity contribution in [2.45, 2.75) is 0 Å². The van der Waals surface area contributed by atoms with Crippen molar-refractivity contribution in [3.05, 3.63) is 89.7 Å². The van der Waals surface area contributed by atoms with Crippen LogP contribution in [0.2, 0.25) is 5.02 Å². The molecule has 4 aromatic rings. The van der Waals surface area contributed by atoms with Gasteiger partial charge in [-0.2, -0.15) is 5.10 Å². The van der Waals surface area contributed by atoms with Crippen LogP contribution < -0.4 is 0 Å². The average Bonchev–Trinajstić information content (AvgIpc) is 3.11. The zero-order chi connectivity index (χ0) is 18.8. The summed E-state index contributed by atoms with van der Waals surface area (Å²) in [6, 6.07) is 20.0. The molecule has 0 unspecified atom stereocenters. The Kier molecular flexibility index (Phi) is 4.44. The lowest BCUT2D eigenvalue weighted by Gasteiger charge is -2.09. The molecule has 0 saturated heterocycles. The molecule has 0 aliphatic carbocycles. The first kappa shape index (κ1) is 17.0. The van der Waals surface area contributed by atoms with Crippen LogP contribution in [0.15, 0.2) is 79.1 Å². The Labute approximate surface area is 160 Å². The average molecular weight is 376 g/mol. The number of hydrogen-bond acceptors (Lipinski definition) is 3. The first-order valence-electron chi connectivity index (χ1n) is 8.23. The van der Waals surface area contributed by atoms with Crippen LogP contribution in [0.4, 0.5) is 0 Å². The SMILES string of the molecule is O=C(O)c1c(-c2cccnc2)nn(-c2ccc(Cl)cc2)c1-c1ccccc1. The number of hydrogen-bond donors (Lipinski definition) is 1. The molecule has 0 aliphatic heterocycles. The fourth-order valence-corrected chi connectivity index (χ4v) is 3.08. The maximum absolute atomic E-state index is 12.2. The normalized spacial score (nSPS) is 10.7. The summed E-state index contributed by atoms with van der Waals surface area (Å²) < 4.78 is 1.64. The van der Waals surface area contributed by atoms with E-state index in [0.29, 0.717) is 22.0 Å². The van der Waals surface area contributed by atoms with Crippen LogP contribution in [0.3, 0.4) is 0 Å². The van der Waals surface area contributed by atoms with Gasteiger partial charge in [-0.15, -0.1) is 0 Å². The lowest BCUT2D eigenvalue weighted by molar-refractivity contribution is 0.0698. The molecule has 27 heavy (non-hydrogen) atoms. The first-order valence-corrected chi connectivity index (χ1v) is 8.61. The minimum atomic E-state index is -1.05. The summed E-state index contributed by atoms with van der Waals surface area (Å²) in [5.74, 6) is -1.05. The Morgan fingerprint density at radius 1 is 0.926 bits per heavy atom. The zero-order valence-corrected chi connectivity index (χ0v) is 14.8. The highest BCUT2D eigenvalue weighted by molar-refractivity contribution is 6.30. The standard InChI is InChI=1S/C21H14ClN3O2/c22-16-8-10-17(11-9-16)25-20(14-5-2-1-3-6-14)18(21(26)27)19(24-25)15-7-4-12-23-13-15/h1-13H,(H,26,27). The van der Waals surface area contributed by atoms with E-state index >= 15 is 0 Å². The van der Waals surface area contributed by atoms with Crippen molar-refractivity contribution in [2.75, 3.05) is 0 Å². The molecule has 0 atom stereocenters. The van der Waals surface area contributed by atoms with Crippen LogP contribution in [0.1, 0.15) is 10.4 Å². The van der Waals surface area contributed by atoms with Gasteiger partial charge >= 0.3 is 5.97 Å². The number of carbonyl (C=O) groups is 1. The quantitative estimate of drug-likeness (QED) is 0.547. The predicted molar refractivity (Wildman–Crippen MR) is 104 cm³/mol. The highest BCUT2D eigenvalue weighted by Gasteiger charge is 2.26. The van der Waals surface area contributed by atoms with Gasteiger partial charge in [-0.05, 0) is 36.4 Å². The van der Waals surface area contributed by atoms with Crippen molar-refractivity contribution in [1.29, 1.82) is 0 Å². The topological polar surface area (TPSA) is 68.0 Å². The van der Waals surface area contributed by atoms with Gasteiger partial charge in [0.15, 0.2) is 0 Å². The maximum atomic E-state index is 12.2. The van der Waals surface area contributed by atoms with Gasteiger partial charge in [0.2, 0.25) is 0 Å². The minimum Gasteiger partial charge on any atom is -0.478 e. The third-order valence-electron chi connectivity index (χ3n) is 4.15. The third kappa shape index (κ3) is 3.20. The van der Waals surface area contributed by atoms with Crippen molar-refractivity contribution < 1.29 is 9.90 Å². The summed E-state index contributed by atoms with van der Waals surface area (Å²) in [5.41, 5.74) is 3.11. The lowest BCUT2D eigenvalue weighted by Crippen LogP contribution is -2.03. The largest absolute Gasteiger partial charge is 0.478 e. The summed E-state index contributed by atoms with van der Waals surface area (Å²) >= 11 is 6.01. The Morgan fingerprint density at radius 2 is 1.63 bits per heavy atom. The molecule has 6 heteroatoms. The lowest BCUT2D eigenvalue weighted by atomic mass is 10.0. The summed E-state index contributed by atoms with van der Waals surface area (Å²) in [6.45, 7) is 0. The van der Waals surface area contributed by atoms with E-state index in [0.717, 1.165) is 11.3 Å². The van der Waals surface area contributed by atoms with E-state index < -0.39 is 5.97 Å². The van der Waals surface area contributed by atoms with Crippen LogP contribution in [0.25, 0.3) is 28.2 Å². The smallest absolute Gasteiger partial charge is 0.340 e. The number of rotatable bonds is 4. The van der Waals surface area contributed by atoms with Crippen molar-refractivity contribution in [3.8, 4) is 28.2 Å². The Morgan fingerprint density at radius 3 is 2.26 bits per heavy atom. The molecule has 0 bridgehead atoms. The predicted octanol–water partition coefficient (Wildman–Crippen LogP) is 4.95. The molecular weight excluding hydrogens is 362 g/mol. The van der Waals surface area contributed by atoms with Gasteiger partial charge in [0.25, 0.3) is 0 Å². The maximum Gasteiger partial charge on any atom is 0.340 e. The van der Waals surface area contributed by atoms with Crippen molar-refractivity contribution in [1.82, 2.24) is 14.8 Å². The van der Waals surface area contributed by atoms with Gasteiger partial charge in [0.05, 0.1) is 11.4 Å². The molecule has 0 amide bonds. The van der Waals surface area contributed by atoms with E-state index in [2.05, 4.69) is 10.1 Å². The minimum absolute atomic E-state index is 0.129. The molecular formula is C21H14ClN3O2. The molecule has 1 N–H and O–H groups in total. The number of aromatic carboxylic acids is 1. The van der Waals surface area contributed by atoms with Crippen LogP contribution >= 0.6 is 11.6 Å². The van der Waals surface area contributed by atoms with Gasteiger partial charge in [0.1, 0.15) is 11.3 Å². The van der Waals surface area contributed by atoms with E-state index in [1.54, 1.807) is 53.5 Å². The number of carboxylic acid groups (broad SMARTS) is 1. The van der Waals surface area contributed by atoms with Gasteiger partial charge in [-0.3, -0.25) is 4.98 Å². The van der Waals surface area contributed by atoms with E-state index in [9.17, 15) is 9.90 Å². The molecule has 132 valence electrons. The second-order valence-corrected chi connectivity index (χ2v) is 6.31. The number of carboxylic acids is 1. The first-order chi connectivity index (χ1) is 13.1. The van der Waals surface area contributed by atoms with Gasteiger partial charge in [0, 0.05) is 28.5 Å². The molecule has 0 saturated carbocycles. The number of nitrogens with zero attached hydrogens (tertiary/aromatic N) is 3. The molecule has 4 rings (SSSR count). The molecule has 0 aliphatic rings. The summed E-state index contributed by atoms with van der Waals surface area (Å²) in [4.78, 5) is 16.3. The molecule has 5 nitrogen and oxygen atoms in total. The Balaban J connectivity index is 2.06. The van der Waals surface area contributed by atoms with E-state index in [1.807, 2.05) is 30.3 Å². The highest BCUT2D eigenvalue weighted by Crippen LogP contribution is 2.34. The van der Waals surface area contributed by atoms with E-state index in [1.165, 1.54) is 0 Å². The van der Waals surface area contributed by atoms with Crippen LogP contribution in [0, 0.1) is 0 Å². The van der Waals surface area contributed by atoms with Crippen LogP contribution in [-0.2, 0) is 0 Å². The molecule has 2 aromatic heterocycles.